The van der Waals surface area contributed by atoms with Gasteiger partial charge >= 0.3 is 0 Å². The van der Waals surface area contributed by atoms with E-state index in [2.05, 4.69) is 83.3 Å². The summed E-state index contributed by atoms with van der Waals surface area (Å²) in [4.78, 5) is 0. The monoisotopic (exact) mass is 618 g/mol. The Labute approximate surface area is 272 Å². The van der Waals surface area contributed by atoms with Gasteiger partial charge in [0.25, 0.3) is 0 Å². The molecular weight excluding hydrogens is 576 g/mol. The van der Waals surface area contributed by atoms with E-state index in [1.54, 1.807) is 12.3 Å². The first-order valence-electron chi connectivity index (χ1n) is 15.1. The zero-order valence-electron chi connectivity index (χ0n) is 27.0. The average molecular weight is 619 g/mol. The number of halogens is 1. The second-order valence-electron chi connectivity index (χ2n) is 12.9. The highest BCUT2D eigenvalue weighted by Gasteiger charge is 2.13. The molecule has 45 heavy (non-hydrogen) atoms. The summed E-state index contributed by atoms with van der Waals surface area (Å²) in [5.74, 6) is 1.68. The van der Waals surface area contributed by atoms with Crippen molar-refractivity contribution in [3.05, 3.63) is 150 Å². The van der Waals surface area contributed by atoms with E-state index in [9.17, 15) is 0 Å². The number of rotatable bonds is 4. The standard InChI is InChI=1S/C20H21NO.C10H7ClO.C10H15N/c1-20(2,3)16-9-11-17(12-10-16)21-18-13-19(22-14-18)15-7-5-4-6-8-15;11-9-6-10(12-7-9)8-4-2-1-3-5-8;1-10(2,3)8-4-6-9(11)7-5-8/h4-14,21H,1-3H3;1-7H;4-7H,11H2,1-3H3. The van der Waals surface area contributed by atoms with Gasteiger partial charge in [0.1, 0.15) is 24.0 Å². The van der Waals surface area contributed by atoms with Crippen molar-refractivity contribution in [1.82, 2.24) is 0 Å². The Kier molecular flexibility index (Phi) is 11.0. The van der Waals surface area contributed by atoms with E-state index in [0.717, 1.165) is 39.7 Å². The fourth-order valence-electron chi connectivity index (χ4n) is 4.43. The lowest BCUT2D eigenvalue weighted by atomic mass is 9.87. The van der Waals surface area contributed by atoms with Crippen molar-refractivity contribution in [2.45, 2.75) is 52.4 Å². The van der Waals surface area contributed by atoms with Crippen LogP contribution in [-0.2, 0) is 10.8 Å². The minimum absolute atomic E-state index is 0.175. The molecule has 4 nitrogen and oxygen atoms in total. The first-order chi connectivity index (χ1) is 21.4. The molecule has 0 atom stereocenters. The molecule has 0 amide bonds. The Hall–Kier alpha value is -4.67. The van der Waals surface area contributed by atoms with E-state index in [-0.39, 0.29) is 10.8 Å². The largest absolute Gasteiger partial charge is 0.463 e. The molecule has 3 N–H and O–H groups in total. The first kappa shape index (κ1) is 33.2. The number of benzene rings is 4. The lowest BCUT2D eigenvalue weighted by Gasteiger charge is -2.19. The minimum Gasteiger partial charge on any atom is -0.463 e. The first-order valence-corrected chi connectivity index (χ1v) is 15.4. The summed E-state index contributed by atoms with van der Waals surface area (Å²) < 4.78 is 10.9. The summed E-state index contributed by atoms with van der Waals surface area (Å²) in [7, 11) is 0. The zero-order valence-corrected chi connectivity index (χ0v) is 27.7. The molecule has 232 valence electrons. The second-order valence-corrected chi connectivity index (χ2v) is 13.3. The van der Waals surface area contributed by atoms with E-state index < -0.39 is 0 Å². The van der Waals surface area contributed by atoms with Gasteiger partial charge in [-0.3, -0.25) is 0 Å². The molecule has 0 saturated carbocycles. The maximum atomic E-state index is 5.72. The Balaban J connectivity index is 0.000000169. The second kappa shape index (κ2) is 14.9. The zero-order chi connectivity index (χ0) is 32.5. The Morgan fingerprint density at radius 2 is 0.978 bits per heavy atom. The van der Waals surface area contributed by atoms with Gasteiger partial charge in [0, 0.05) is 34.6 Å². The molecule has 0 bridgehead atoms. The molecule has 5 heteroatoms. The van der Waals surface area contributed by atoms with Gasteiger partial charge in [-0.05, 0) is 46.2 Å². The van der Waals surface area contributed by atoms with E-state index in [1.807, 2.05) is 78.9 Å². The lowest BCUT2D eigenvalue weighted by molar-refractivity contribution is 0.582. The van der Waals surface area contributed by atoms with Gasteiger partial charge in [0.15, 0.2) is 0 Å². The normalized spacial score (nSPS) is 11.1. The van der Waals surface area contributed by atoms with E-state index in [0.29, 0.717) is 5.02 Å². The summed E-state index contributed by atoms with van der Waals surface area (Å²) in [5.41, 5.74) is 13.6. The lowest BCUT2D eigenvalue weighted by Crippen LogP contribution is -2.10. The third kappa shape index (κ3) is 10.2. The third-order valence-corrected chi connectivity index (χ3v) is 7.30. The summed E-state index contributed by atoms with van der Waals surface area (Å²) in [6, 6.07) is 40.4. The van der Waals surface area contributed by atoms with Crippen LogP contribution in [0.4, 0.5) is 17.1 Å². The Morgan fingerprint density at radius 1 is 0.533 bits per heavy atom. The maximum absolute atomic E-state index is 5.72. The summed E-state index contributed by atoms with van der Waals surface area (Å²) >= 11 is 5.72. The number of hydrogen-bond acceptors (Lipinski definition) is 4. The third-order valence-electron chi connectivity index (χ3n) is 7.10. The molecule has 0 aliphatic rings. The van der Waals surface area contributed by atoms with Crippen molar-refractivity contribution in [3.8, 4) is 22.6 Å². The van der Waals surface area contributed by atoms with Gasteiger partial charge in [0.2, 0.25) is 0 Å². The quantitative estimate of drug-likeness (QED) is 0.193. The number of furan rings is 2. The summed E-state index contributed by atoms with van der Waals surface area (Å²) in [5, 5.41) is 4.01. The summed E-state index contributed by atoms with van der Waals surface area (Å²) in [6.45, 7) is 13.2. The molecule has 0 radical (unpaired) electrons. The van der Waals surface area contributed by atoms with Crippen molar-refractivity contribution < 1.29 is 8.83 Å². The van der Waals surface area contributed by atoms with E-state index in [1.165, 1.54) is 17.4 Å². The predicted molar refractivity (Wildman–Crippen MR) is 191 cm³/mol. The molecule has 0 saturated heterocycles. The summed E-state index contributed by atoms with van der Waals surface area (Å²) in [6.07, 6.45) is 3.28. The highest BCUT2D eigenvalue weighted by Crippen LogP contribution is 2.29. The molecule has 2 aromatic heterocycles. The number of nitrogens with two attached hydrogens (primary N) is 1. The van der Waals surface area contributed by atoms with Gasteiger partial charge in [-0.25, -0.2) is 0 Å². The molecule has 6 rings (SSSR count). The number of hydrogen-bond donors (Lipinski definition) is 2. The number of anilines is 3. The van der Waals surface area contributed by atoms with Gasteiger partial charge in [-0.1, -0.05) is 138 Å². The van der Waals surface area contributed by atoms with Crippen LogP contribution in [0.25, 0.3) is 22.6 Å². The van der Waals surface area contributed by atoms with Gasteiger partial charge in [-0.2, -0.15) is 0 Å². The molecule has 0 aliphatic heterocycles. The minimum atomic E-state index is 0.175. The smallest absolute Gasteiger partial charge is 0.136 e. The average Bonchev–Trinajstić information content (AvgIpc) is 3.68. The molecular formula is C40H43ClN2O2. The molecule has 0 unspecified atom stereocenters. The van der Waals surface area contributed by atoms with Crippen molar-refractivity contribution >= 4 is 28.7 Å². The molecule has 0 fully saturated rings. The fraction of sp³-hybridized carbons (Fsp3) is 0.200. The van der Waals surface area contributed by atoms with Crippen LogP contribution in [0.2, 0.25) is 5.02 Å². The molecule has 0 aliphatic carbocycles. The van der Waals surface area contributed by atoms with Crippen molar-refractivity contribution in [2.24, 2.45) is 0 Å². The molecule has 6 aromatic rings. The van der Waals surface area contributed by atoms with Crippen LogP contribution in [0, 0.1) is 0 Å². The Morgan fingerprint density at radius 3 is 1.42 bits per heavy atom. The topological polar surface area (TPSA) is 64.3 Å². The van der Waals surface area contributed by atoms with Crippen LogP contribution >= 0.6 is 11.6 Å². The number of nitrogen functional groups attached to an aromatic ring is 1. The van der Waals surface area contributed by atoms with Gasteiger partial charge in [0.05, 0.1) is 10.7 Å². The highest BCUT2D eigenvalue weighted by molar-refractivity contribution is 6.30. The fourth-order valence-corrected chi connectivity index (χ4v) is 4.57. The van der Waals surface area contributed by atoms with Crippen LogP contribution in [0.15, 0.2) is 143 Å². The van der Waals surface area contributed by atoms with Crippen LogP contribution in [0.3, 0.4) is 0 Å². The van der Waals surface area contributed by atoms with Crippen LogP contribution < -0.4 is 11.1 Å². The SMILES string of the molecule is CC(C)(C)c1ccc(N)cc1.CC(C)(C)c1ccc(Nc2coc(-c3ccccc3)c2)cc1.Clc1coc(-c2ccccc2)c1. The molecule has 4 aromatic carbocycles. The molecule has 2 heterocycles. The van der Waals surface area contributed by atoms with Crippen molar-refractivity contribution in [1.29, 1.82) is 0 Å². The predicted octanol–water partition coefficient (Wildman–Crippen LogP) is 12.2. The maximum Gasteiger partial charge on any atom is 0.136 e. The van der Waals surface area contributed by atoms with Crippen LogP contribution in [0.5, 0.6) is 0 Å². The van der Waals surface area contributed by atoms with E-state index >= 15 is 0 Å². The Bertz CT molecular complexity index is 1720. The van der Waals surface area contributed by atoms with Gasteiger partial charge < -0.3 is 19.9 Å². The van der Waals surface area contributed by atoms with Crippen LogP contribution in [0.1, 0.15) is 52.7 Å². The van der Waals surface area contributed by atoms with E-state index in [4.69, 9.17) is 26.2 Å². The van der Waals surface area contributed by atoms with Crippen LogP contribution in [-0.4, -0.2) is 0 Å². The van der Waals surface area contributed by atoms with Crippen molar-refractivity contribution in [2.75, 3.05) is 11.1 Å². The highest BCUT2D eigenvalue weighted by atomic mass is 35.5. The molecule has 0 spiro atoms. The van der Waals surface area contributed by atoms with Gasteiger partial charge in [-0.15, -0.1) is 0 Å². The number of nitrogens with one attached hydrogen (secondary N) is 1. The van der Waals surface area contributed by atoms with Crippen molar-refractivity contribution in [3.63, 3.8) is 0 Å².